The first-order valence-electron chi connectivity index (χ1n) is 19.2. The van der Waals surface area contributed by atoms with Crippen LogP contribution in [-0.4, -0.2) is 57.9 Å². The average Bonchev–Trinajstić information content (AvgIpc) is 4.12. The summed E-state index contributed by atoms with van der Waals surface area (Å²) in [5.74, 6) is 3.53. The van der Waals surface area contributed by atoms with Crippen molar-refractivity contribution in [1.82, 2.24) is 30.6 Å². The molecule has 2 N–H and O–H groups in total. The second-order valence-electron chi connectivity index (χ2n) is 15.3. The Morgan fingerprint density at radius 1 is 0.759 bits per heavy atom. The Morgan fingerprint density at radius 3 is 1.89 bits per heavy atom. The highest BCUT2D eigenvalue weighted by Crippen LogP contribution is 2.45. The van der Waals surface area contributed by atoms with Crippen LogP contribution >= 0.6 is 23.2 Å². The molecule has 1 amide bonds. The van der Waals surface area contributed by atoms with Crippen LogP contribution in [0.1, 0.15) is 75.6 Å². The maximum atomic E-state index is 12.0. The molecule has 12 heteroatoms. The molecule has 4 aromatic rings. The van der Waals surface area contributed by atoms with E-state index in [1.54, 1.807) is 26.6 Å². The van der Waals surface area contributed by atoms with Gasteiger partial charge in [0.1, 0.15) is 17.2 Å². The molecule has 3 heterocycles. The second kappa shape index (κ2) is 15.9. The van der Waals surface area contributed by atoms with Gasteiger partial charge in [-0.1, -0.05) is 59.6 Å². The number of benzene rings is 2. The van der Waals surface area contributed by atoms with E-state index in [4.69, 9.17) is 52.6 Å². The van der Waals surface area contributed by atoms with Crippen LogP contribution in [0, 0.1) is 23.7 Å². The molecule has 3 aliphatic carbocycles. The summed E-state index contributed by atoms with van der Waals surface area (Å²) in [6, 6.07) is 12.1. The molecule has 4 aliphatic rings. The van der Waals surface area contributed by atoms with Crippen molar-refractivity contribution in [3.63, 3.8) is 0 Å². The molecule has 1 saturated heterocycles. The Kier molecular flexibility index (Phi) is 10.9. The van der Waals surface area contributed by atoms with Gasteiger partial charge in [-0.2, -0.15) is 0 Å². The molecule has 8 rings (SSSR count). The van der Waals surface area contributed by atoms with Gasteiger partial charge in [0.2, 0.25) is 17.7 Å². The summed E-state index contributed by atoms with van der Waals surface area (Å²) in [5.41, 5.74) is 5.59. The normalized spacial score (nSPS) is 20.9. The number of aryl methyl sites for hydroxylation is 1. The van der Waals surface area contributed by atoms with Crippen LogP contribution in [0.5, 0.6) is 11.8 Å². The van der Waals surface area contributed by atoms with Crippen molar-refractivity contribution >= 4 is 34.9 Å². The van der Waals surface area contributed by atoms with Crippen LogP contribution in [0.3, 0.4) is 0 Å². The number of Topliss-reactive ketones (excluding diaryl/α,β-unsaturated/α-hetero) is 1. The fraction of sp³-hybridized carbons (Fsp3) is 0.476. The predicted octanol–water partition coefficient (Wildman–Crippen LogP) is 8.07. The number of amides is 1. The Balaban J connectivity index is 1.01. The summed E-state index contributed by atoms with van der Waals surface area (Å²) in [6.07, 6.45) is 13.8. The molecule has 0 radical (unpaired) electrons. The number of rotatable bonds is 15. The van der Waals surface area contributed by atoms with Crippen molar-refractivity contribution in [1.29, 1.82) is 0 Å². The van der Waals surface area contributed by atoms with Gasteiger partial charge in [0, 0.05) is 60.1 Å². The van der Waals surface area contributed by atoms with E-state index < -0.39 is 0 Å². The topological polar surface area (TPSA) is 128 Å². The highest BCUT2D eigenvalue weighted by Gasteiger charge is 2.40. The number of methoxy groups -OCH3 is 2. The standard InChI is InChI=1S/C42H46Cl2N6O4/c1-53-41-33(16-15-27(23-9-10-23)32-17-18-37(52)48-32)45-20-34(49-41)30-7-3-5-28(38(30)43)29-6-4-8-31(39(29)44)35-21-46-36(42(50-35)54-2)22-47-40(24-11-12-24)25-13-14-26(51)19-25/h3-8,20-21,23-25,27,32,40,47H,9-19,22H2,1-2H3,(H,48,52)/t25-,27-,32+,40-/m1/s1. The van der Waals surface area contributed by atoms with Gasteiger partial charge in [-0.25, -0.2) is 9.97 Å². The van der Waals surface area contributed by atoms with Crippen molar-refractivity contribution in [3.8, 4) is 45.4 Å². The number of nitrogens with one attached hydrogen (secondary N) is 2. The summed E-state index contributed by atoms with van der Waals surface area (Å²) < 4.78 is 11.5. The molecule has 3 saturated carbocycles. The largest absolute Gasteiger partial charge is 0.480 e. The van der Waals surface area contributed by atoms with Gasteiger partial charge in [-0.3, -0.25) is 19.6 Å². The molecular formula is C42H46Cl2N6O4. The third-order valence-corrected chi connectivity index (χ3v) is 12.6. The van der Waals surface area contributed by atoms with Crippen molar-refractivity contribution in [2.24, 2.45) is 23.7 Å². The third-order valence-electron chi connectivity index (χ3n) is 11.8. The molecule has 1 aliphatic heterocycles. The summed E-state index contributed by atoms with van der Waals surface area (Å²) in [6.45, 7) is 0.508. The Morgan fingerprint density at radius 2 is 1.35 bits per heavy atom. The van der Waals surface area contributed by atoms with Crippen LogP contribution < -0.4 is 20.1 Å². The minimum Gasteiger partial charge on any atom is -0.480 e. The van der Waals surface area contributed by atoms with Gasteiger partial charge < -0.3 is 20.1 Å². The lowest BCUT2D eigenvalue weighted by Gasteiger charge is -2.24. The van der Waals surface area contributed by atoms with Gasteiger partial charge in [0.15, 0.2) is 0 Å². The molecular weight excluding hydrogens is 723 g/mol. The minimum atomic E-state index is 0.156. The van der Waals surface area contributed by atoms with E-state index in [0.717, 1.165) is 42.5 Å². The van der Waals surface area contributed by atoms with E-state index >= 15 is 0 Å². The highest BCUT2D eigenvalue weighted by atomic mass is 35.5. The van der Waals surface area contributed by atoms with Crippen LogP contribution in [0.4, 0.5) is 0 Å². The number of nitrogens with zero attached hydrogens (tertiary/aromatic N) is 4. The number of ether oxygens (including phenoxy) is 2. The second-order valence-corrected chi connectivity index (χ2v) is 16.1. The monoisotopic (exact) mass is 768 g/mol. The molecule has 4 atom stereocenters. The Hall–Kier alpha value is -4.12. The Bertz CT molecular complexity index is 1910. The van der Waals surface area contributed by atoms with E-state index in [1.807, 2.05) is 36.4 Å². The molecule has 54 heavy (non-hydrogen) atoms. The van der Waals surface area contributed by atoms with E-state index in [9.17, 15) is 9.59 Å². The van der Waals surface area contributed by atoms with Crippen LogP contribution in [0.15, 0.2) is 48.8 Å². The molecule has 282 valence electrons. The first-order chi connectivity index (χ1) is 26.3. The maximum absolute atomic E-state index is 12.0. The van der Waals surface area contributed by atoms with Gasteiger partial charge in [0.05, 0.1) is 48.0 Å². The summed E-state index contributed by atoms with van der Waals surface area (Å²) in [5, 5.41) is 7.86. The fourth-order valence-corrected chi connectivity index (χ4v) is 9.29. The molecule has 2 aromatic carbocycles. The van der Waals surface area contributed by atoms with Crippen LogP contribution in [0.2, 0.25) is 10.0 Å². The average molecular weight is 770 g/mol. The lowest BCUT2D eigenvalue weighted by Crippen LogP contribution is -2.37. The zero-order valence-electron chi connectivity index (χ0n) is 30.7. The summed E-state index contributed by atoms with van der Waals surface area (Å²) in [7, 11) is 3.21. The summed E-state index contributed by atoms with van der Waals surface area (Å²) in [4.78, 5) is 43.2. The van der Waals surface area contributed by atoms with Gasteiger partial charge in [0.25, 0.3) is 0 Å². The summed E-state index contributed by atoms with van der Waals surface area (Å²) >= 11 is 14.3. The number of ketones is 1. The first kappa shape index (κ1) is 36.8. The quantitative estimate of drug-likeness (QED) is 0.123. The Labute approximate surface area is 326 Å². The zero-order valence-corrected chi connectivity index (χ0v) is 32.3. The number of halogens is 2. The molecule has 0 bridgehead atoms. The van der Waals surface area contributed by atoms with Gasteiger partial charge in [-0.15, -0.1) is 0 Å². The lowest BCUT2D eigenvalue weighted by molar-refractivity contribution is -0.119. The smallest absolute Gasteiger partial charge is 0.237 e. The fourth-order valence-electron chi connectivity index (χ4n) is 8.64. The van der Waals surface area contributed by atoms with E-state index in [0.29, 0.717) is 111 Å². The molecule has 0 spiro atoms. The van der Waals surface area contributed by atoms with Crippen molar-refractivity contribution in [2.75, 3.05) is 14.2 Å². The SMILES string of the molecule is COc1nc(-c2cccc(-c3cccc(-c4cnc(CN[C@H](C5CC5)[C@@H]5CCC(=O)C5)c(OC)n4)c3Cl)c2Cl)cnc1CC[C@H](C1CC1)[C@@H]1CCC(=O)N1. The van der Waals surface area contributed by atoms with Crippen LogP contribution in [-0.2, 0) is 22.6 Å². The number of aromatic nitrogens is 4. The zero-order chi connectivity index (χ0) is 37.3. The van der Waals surface area contributed by atoms with Crippen molar-refractivity contribution in [2.45, 2.75) is 89.3 Å². The number of hydrogen-bond acceptors (Lipinski definition) is 9. The number of carbonyl (C=O) groups excluding carboxylic acids is 2. The van der Waals surface area contributed by atoms with Gasteiger partial charge in [-0.05, 0) is 75.0 Å². The highest BCUT2D eigenvalue weighted by molar-refractivity contribution is 6.39. The molecule has 2 aromatic heterocycles. The van der Waals surface area contributed by atoms with Crippen molar-refractivity contribution in [3.05, 3.63) is 70.2 Å². The van der Waals surface area contributed by atoms with Gasteiger partial charge >= 0.3 is 0 Å². The molecule has 10 nitrogen and oxygen atoms in total. The number of hydrogen-bond donors (Lipinski definition) is 2. The van der Waals surface area contributed by atoms with Crippen molar-refractivity contribution < 1.29 is 19.1 Å². The van der Waals surface area contributed by atoms with E-state index in [2.05, 4.69) is 10.6 Å². The lowest BCUT2D eigenvalue weighted by atomic mass is 9.88. The number of carbonyl (C=O) groups is 2. The van der Waals surface area contributed by atoms with E-state index in [-0.39, 0.29) is 11.9 Å². The minimum absolute atomic E-state index is 0.156. The van der Waals surface area contributed by atoms with E-state index in [1.165, 1.54) is 25.7 Å². The maximum Gasteiger partial charge on any atom is 0.237 e. The molecule has 4 fully saturated rings. The van der Waals surface area contributed by atoms with Crippen LogP contribution in [0.25, 0.3) is 33.6 Å². The predicted molar refractivity (Wildman–Crippen MR) is 208 cm³/mol. The first-order valence-corrected chi connectivity index (χ1v) is 20.0. The third kappa shape index (κ3) is 7.84. The molecule has 0 unspecified atom stereocenters.